The molecule has 1 aliphatic heterocycles. The minimum absolute atomic E-state index is 0.0801. The SMILES string of the molecule is CCOC(=O)[C@@H]1CCCN(C[C@H](O)COc2cc(C)cc(C)c2C)C1. The number of carbonyl (C=O) groups excluding carboxylic acids is 1. The highest BCUT2D eigenvalue weighted by Gasteiger charge is 2.27. The van der Waals surface area contributed by atoms with Gasteiger partial charge in [0.15, 0.2) is 0 Å². The van der Waals surface area contributed by atoms with Crippen LogP contribution in [0.5, 0.6) is 5.75 Å². The van der Waals surface area contributed by atoms with Crippen molar-refractivity contribution in [1.29, 1.82) is 0 Å². The highest BCUT2D eigenvalue weighted by molar-refractivity contribution is 5.72. The molecule has 2 atom stereocenters. The van der Waals surface area contributed by atoms with Crippen molar-refractivity contribution in [1.82, 2.24) is 4.90 Å². The Labute approximate surface area is 150 Å². The molecule has 1 fully saturated rings. The number of likely N-dealkylation sites (tertiary alicyclic amines) is 1. The molecule has 1 aliphatic rings. The van der Waals surface area contributed by atoms with Crippen molar-refractivity contribution in [2.45, 2.75) is 46.6 Å². The summed E-state index contributed by atoms with van der Waals surface area (Å²) in [6, 6.07) is 4.13. The fraction of sp³-hybridized carbons (Fsp3) is 0.650. The normalized spacial score (nSPS) is 19.5. The summed E-state index contributed by atoms with van der Waals surface area (Å²) in [5, 5.41) is 10.3. The fourth-order valence-electron chi connectivity index (χ4n) is 3.36. The van der Waals surface area contributed by atoms with Gasteiger partial charge in [-0.05, 0) is 69.8 Å². The lowest BCUT2D eigenvalue weighted by Crippen LogP contribution is -2.44. The number of benzene rings is 1. The molecule has 2 rings (SSSR count). The Bertz CT molecular complexity index is 587. The van der Waals surface area contributed by atoms with Crippen molar-refractivity contribution in [3.63, 3.8) is 0 Å². The molecule has 5 nitrogen and oxygen atoms in total. The minimum Gasteiger partial charge on any atom is -0.491 e. The monoisotopic (exact) mass is 349 g/mol. The van der Waals surface area contributed by atoms with Crippen LogP contribution in [0.15, 0.2) is 12.1 Å². The number of aliphatic hydroxyl groups is 1. The third-order valence-corrected chi connectivity index (χ3v) is 4.79. The van der Waals surface area contributed by atoms with Crippen molar-refractivity contribution in [2.24, 2.45) is 5.92 Å². The summed E-state index contributed by atoms with van der Waals surface area (Å²) in [4.78, 5) is 14.0. The lowest BCUT2D eigenvalue weighted by molar-refractivity contribution is -0.150. The Hall–Kier alpha value is -1.59. The van der Waals surface area contributed by atoms with Crippen LogP contribution in [0.2, 0.25) is 0 Å². The summed E-state index contributed by atoms with van der Waals surface area (Å²) in [5.41, 5.74) is 3.46. The quantitative estimate of drug-likeness (QED) is 0.767. The minimum atomic E-state index is -0.582. The van der Waals surface area contributed by atoms with Crippen molar-refractivity contribution >= 4 is 5.97 Å². The zero-order valence-electron chi connectivity index (χ0n) is 15.9. The molecule has 1 aromatic carbocycles. The van der Waals surface area contributed by atoms with E-state index in [0.717, 1.165) is 36.3 Å². The zero-order chi connectivity index (χ0) is 18.4. The number of ether oxygens (including phenoxy) is 2. The van der Waals surface area contributed by atoms with E-state index in [1.165, 1.54) is 5.56 Å². The van der Waals surface area contributed by atoms with Crippen molar-refractivity contribution in [3.8, 4) is 5.75 Å². The van der Waals surface area contributed by atoms with Crippen LogP contribution in [0.4, 0.5) is 0 Å². The Kier molecular flexibility index (Phi) is 7.26. The number of hydrogen-bond acceptors (Lipinski definition) is 5. The second-order valence-corrected chi connectivity index (χ2v) is 7.02. The topological polar surface area (TPSA) is 59.0 Å². The van der Waals surface area contributed by atoms with E-state index in [1.54, 1.807) is 0 Å². The van der Waals surface area contributed by atoms with Crippen LogP contribution in [-0.4, -0.2) is 54.9 Å². The van der Waals surface area contributed by atoms with Gasteiger partial charge in [-0.15, -0.1) is 0 Å². The molecule has 1 saturated heterocycles. The first-order valence-corrected chi connectivity index (χ1v) is 9.18. The number of carbonyl (C=O) groups is 1. The van der Waals surface area contributed by atoms with E-state index in [9.17, 15) is 9.90 Å². The van der Waals surface area contributed by atoms with Gasteiger partial charge in [-0.3, -0.25) is 9.69 Å². The van der Waals surface area contributed by atoms with E-state index in [0.29, 0.717) is 19.7 Å². The molecule has 0 aliphatic carbocycles. The van der Waals surface area contributed by atoms with Crippen LogP contribution in [-0.2, 0) is 9.53 Å². The van der Waals surface area contributed by atoms with E-state index in [2.05, 4.69) is 17.9 Å². The van der Waals surface area contributed by atoms with Gasteiger partial charge in [0, 0.05) is 13.1 Å². The summed E-state index contributed by atoms with van der Waals surface area (Å²) in [5.74, 6) is 0.631. The third-order valence-electron chi connectivity index (χ3n) is 4.79. The molecule has 1 heterocycles. The Morgan fingerprint density at radius 3 is 2.84 bits per heavy atom. The predicted octanol–water partition coefficient (Wildman–Crippen LogP) is 2.63. The number of nitrogens with zero attached hydrogens (tertiary/aromatic N) is 1. The summed E-state index contributed by atoms with van der Waals surface area (Å²) in [7, 11) is 0. The number of esters is 1. The van der Waals surface area contributed by atoms with Gasteiger partial charge >= 0.3 is 5.97 Å². The zero-order valence-corrected chi connectivity index (χ0v) is 15.9. The van der Waals surface area contributed by atoms with E-state index < -0.39 is 6.10 Å². The maximum atomic E-state index is 11.9. The molecule has 0 unspecified atom stereocenters. The van der Waals surface area contributed by atoms with Gasteiger partial charge in [0.25, 0.3) is 0 Å². The molecule has 0 saturated carbocycles. The van der Waals surface area contributed by atoms with E-state index in [4.69, 9.17) is 9.47 Å². The maximum absolute atomic E-state index is 11.9. The largest absolute Gasteiger partial charge is 0.491 e. The number of aryl methyl sites for hydroxylation is 2. The first-order chi connectivity index (χ1) is 11.9. The lowest BCUT2D eigenvalue weighted by Gasteiger charge is -2.32. The first-order valence-electron chi connectivity index (χ1n) is 9.18. The Balaban J connectivity index is 1.84. The van der Waals surface area contributed by atoms with Gasteiger partial charge in [0.1, 0.15) is 18.5 Å². The third kappa shape index (κ3) is 5.72. The van der Waals surface area contributed by atoms with Gasteiger partial charge in [-0.2, -0.15) is 0 Å². The summed E-state index contributed by atoms with van der Waals surface area (Å²) in [6.07, 6.45) is 1.23. The highest BCUT2D eigenvalue weighted by atomic mass is 16.5. The molecule has 0 radical (unpaired) electrons. The van der Waals surface area contributed by atoms with E-state index in [1.807, 2.05) is 26.8 Å². The number of piperidine rings is 1. The predicted molar refractivity (Wildman–Crippen MR) is 98.0 cm³/mol. The van der Waals surface area contributed by atoms with E-state index >= 15 is 0 Å². The van der Waals surface area contributed by atoms with Crippen molar-refractivity contribution < 1.29 is 19.4 Å². The molecule has 0 aromatic heterocycles. The average molecular weight is 349 g/mol. The molecule has 25 heavy (non-hydrogen) atoms. The smallest absolute Gasteiger partial charge is 0.310 e. The van der Waals surface area contributed by atoms with Crippen LogP contribution in [0.1, 0.15) is 36.5 Å². The molecule has 0 bridgehead atoms. The molecule has 5 heteroatoms. The molecule has 140 valence electrons. The summed E-state index contributed by atoms with van der Waals surface area (Å²) < 4.78 is 11.0. The number of hydrogen-bond donors (Lipinski definition) is 1. The summed E-state index contributed by atoms with van der Waals surface area (Å²) >= 11 is 0. The van der Waals surface area contributed by atoms with Gasteiger partial charge in [-0.1, -0.05) is 6.07 Å². The van der Waals surface area contributed by atoms with Gasteiger partial charge in [0.05, 0.1) is 12.5 Å². The second kappa shape index (κ2) is 9.20. The van der Waals surface area contributed by atoms with Gasteiger partial charge in [-0.25, -0.2) is 0 Å². The summed E-state index contributed by atoms with van der Waals surface area (Å²) in [6.45, 7) is 10.7. The Morgan fingerprint density at radius 1 is 1.36 bits per heavy atom. The van der Waals surface area contributed by atoms with E-state index in [-0.39, 0.29) is 18.5 Å². The second-order valence-electron chi connectivity index (χ2n) is 7.02. The van der Waals surface area contributed by atoms with Crippen LogP contribution in [0, 0.1) is 26.7 Å². The highest BCUT2D eigenvalue weighted by Crippen LogP contribution is 2.23. The standard InChI is InChI=1S/C20H31NO4/c1-5-24-20(23)17-7-6-8-21(11-17)12-18(22)13-25-19-10-14(2)9-15(3)16(19)4/h9-10,17-18,22H,5-8,11-13H2,1-4H3/t17-,18+/m1/s1. The number of aliphatic hydroxyl groups excluding tert-OH is 1. The Morgan fingerprint density at radius 2 is 2.12 bits per heavy atom. The maximum Gasteiger partial charge on any atom is 0.310 e. The fourth-order valence-corrected chi connectivity index (χ4v) is 3.36. The first kappa shape index (κ1) is 19.7. The van der Waals surface area contributed by atoms with Gasteiger partial charge < -0.3 is 14.6 Å². The number of β-amino-alcohol motifs (C(OH)–C–C–N with tert-alkyl or cyclic N) is 1. The molecular weight excluding hydrogens is 318 g/mol. The van der Waals surface area contributed by atoms with Crippen LogP contribution in [0.3, 0.4) is 0 Å². The molecule has 0 amide bonds. The lowest BCUT2D eigenvalue weighted by atomic mass is 9.98. The molecular formula is C20H31NO4. The average Bonchev–Trinajstić information content (AvgIpc) is 2.57. The van der Waals surface area contributed by atoms with Crippen LogP contribution < -0.4 is 4.74 Å². The molecule has 1 N–H and O–H groups in total. The molecule has 0 spiro atoms. The number of rotatable bonds is 7. The molecule has 1 aromatic rings. The van der Waals surface area contributed by atoms with Crippen molar-refractivity contribution in [2.75, 3.05) is 32.8 Å². The van der Waals surface area contributed by atoms with Gasteiger partial charge in [0.2, 0.25) is 0 Å². The van der Waals surface area contributed by atoms with Crippen LogP contribution in [0.25, 0.3) is 0 Å². The van der Waals surface area contributed by atoms with Crippen LogP contribution >= 0.6 is 0 Å². The van der Waals surface area contributed by atoms with Crippen molar-refractivity contribution in [3.05, 3.63) is 28.8 Å².